The van der Waals surface area contributed by atoms with Crippen LogP contribution in [0.15, 0.2) is 18.2 Å². The molecule has 0 aliphatic carbocycles. The van der Waals surface area contributed by atoms with Crippen molar-refractivity contribution in [3.63, 3.8) is 0 Å². The molecule has 0 fully saturated rings. The van der Waals surface area contributed by atoms with E-state index in [1.54, 1.807) is 6.92 Å². The fourth-order valence-electron chi connectivity index (χ4n) is 1.47. The van der Waals surface area contributed by atoms with Gasteiger partial charge in [0.15, 0.2) is 0 Å². The van der Waals surface area contributed by atoms with Crippen LogP contribution in [0.1, 0.15) is 24.2 Å². The molecule has 8 heteroatoms. The van der Waals surface area contributed by atoms with E-state index >= 15 is 0 Å². The van der Waals surface area contributed by atoms with E-state index in [4.69, 9.17) is 11.6 Å². The second-order valence-corrected chi connectivity index (χ2v) is 4.42. The molecule has 20 heavy (non-hydrogen) atoms. The fourth-order valence-corrected chi connectivity index (χ4v) is 1.65. The SMILES string of the molecule is CCNC(=O)C(C)NC(=O)c1ccc(Cl)c([N+](=O)[O-])c1. The van der Waals surface area contributed by atoms with Gasteiger partial charge in [0, 0.05) is 18.2 Å². The van der Waals surface area contributed by atoms with Crippen LogP contribution in [0, 0.1) is 10.1 Å². The van der Waals surface area contributed by atoms with Gasteiger partial charge in [0.25, 0.3) is 11.6 Å². The van der Waals surface area contributed by atoms with Gasteiger partial charge in [0.2, 0.25) is 5.91 Å². The summed E-state index contributed by atoms with van der Waals surface area (Å²) >= 11 is 5.66. The Hall–Kier alpha value is -2.15. The highest BCUT2D eigenvalue weighted by Gasteiger charge is 2.19. The predicted molar refractivity (Wildman–Crippen MR) is 73.7 cm³/mol. The van der Waals surface area contributed by atoms with Crippen LogP contribution in [0.5, 0.6) is 0 Å². The van der Waals surface area contributed by atoms with Gasteiger partial charge in [-0.05, 0) is 26.0 Å². The number of halogens is 1. The molecule has 7 nitrogen and oxygen atoms in total. The van der Waals surface area contributed by atoms with E-state index in [0.29, 0.717) is 6.54 Å². The molecule has 0 heterocycles. The van der Waals surface area contributed by atoms with Gasteiger partial charge in [-0.15, -0.1) is 0 Å². The molecule has 0 bridgehead atoms. The van der Waals surface area contributed by atoms with Crippen molar-refractivity contribution in [3.05, 3.63) is 38.9 Å². The number of nitro benzene ring substituents is 1. The fraction of sp³-hybridized carbons (Fsp3) is 0.333. The maximum absolute atomic E-state index is 11.9. The van der Waals surface area contributed by atoms with Crippen LogP contribution in [0.2, 0.25) is 5.02 Å². The standard InChI is InChI=1S/C12H14ClN3O4/c1-3-14-11(17)7(2)15-12(18)8-4-5-9(13)10(6-8)16(19)20/h4-7H,3H2,1-2H3,(H,14,17)(H,15,18). The smallest absolute Gasteiger partial charge is 0.288 e. The third kappa shape index (κ3) is 3.92. The number of nitro groups is 1. The van der Waals surface area contributed by atoms with E-state index in [9.17, 15) is 19.7 Å². The zero-order chi connectivity index (χ0) is 15.3. The van der Waals surface area contributed by atoms with E-state index in [1.165, 1.54) is 19.1 Å². The van der Waals surface area contributed by atoms with E-state index in [2.05, 4.69) is 10.6 Å². The monoisotopic (exact) mass is 299 g/mol. The molecule has 1 rings (SSSR count). The lowest BCUT2D eigenvalue weighted by Gasteiger charge is -2.13. The average molecular weight is 300 g/mol. The zero-order valence-electron chi connectivity index (χ0n) is 11.0. The summed E-state index contributed by atoms with van der Waals surface area (Å²) in [6, 6.07) is 2.96. The summed E-state index contributed by atoms with van der Waals surface area (Å²) in [6.07, 6.45) is 0. The molecule has 2 amide bonds. The van der Waals surface area contributed by atoms with Crippen LogP contribution in [0.4, 0.5) is 5.69 Å². The van der Waals surface area contributed by atoms with E-state index in [-0.39, 0.29) is 22.2 Å². The lowest BCUT2D eigenvalue weighted by molar-refractivity contribution is -0.384. The molecule has 0 saturated carbocycles. The first kappa shape index (κ1) is 15.9. The highest BCUT2D eigenvalue weighted by Crippen LogP contribution is 2.24. The van der Waals surface area contributed by atoms with Crippen LogP contribution < -0.4 is 10.6 Å². The number of benzene rings is 1. The quantitative estimate of drug-likeness (QED) is 0.635. The van der Waals surface area contributed by atoms with Gasteiger partial charge in [-0.25, -0.2) is 0 Å². The van der Waals surface area contributed by atoms with Crippen LogP contribution in [0.3, 0.4) is 0 Å². The van der Waals surface area contributed by atoms with Crippen molar-refractivity contribution in [2.45, 2.75) is 19.9 Å². The Balaban J connectivity index is 2.85. The van der Waals surface area contributed by atoms with Crippen LogP contribution in [-0.2, 0) is 4.79 Å². The number of rotatable bonds is 5. The van der Waals surface area contributed by atoms with Gasteiger partial charge >= 0.3 is 0 Å². The molecule has 0 aliphatic heterocycles. The van der Waals surface area contributed by atoms with Gasteiger partial charge < -0.3 is 10.6 Å². The number of hydrogen-bond acceptors (Lipinski definition) is 4. The molecule has 0 aliphatic rings. The number of amides is 2. The first-order valence-corrected chi connectivity index (χ1v) is 6.27. The third-order valence-corrected chi connectivity index (χ3v) is 2.82. The lowest BCUT2D eigenvalue weighted by Crippen LogP contribution is -2.44. The number of carbonyl (C=O) groups excluding carboxylic acids is 2. The van der Waals surface area contributed by atoms with Crippen molar-refractivity contribution >= 4 is 29.1 Å². The summed E-state index contributed by atoms with van der Waals surface area (Å²) in [5.41, 5.74) is -0.290. The number of carbonyl (C=O) groups is 2. The Morgan fingerprint density at radius 2 is 2.10 bits per heavy atom. The summed E-state index contributed by atoms with van der Waals surface area (Å²) in [6.45, 7) is 3.73. The van der Waals surface area contributed by atoms with Crippen LogP contribution in [-0.4, -0.2) is 29.3 Å². The second-order valence-electron chi connectivity index (χ2n) is 4.01. The number of nitrogens with zero attached hydrogens (tertiary/aromatic N) is 1. The molecule has 108 valence electrons. The van der Waals surface area contributed by atoms with E-state index in [0.717, 1.165) is 6.07 Å². The molecular formula is C12H14ClN3O4. The van der Waals surface area contributed by atoms with Crippen LogP contribution >= 0.6 is 11.6 Å². The van der Waals surface area contributed by atoms with Gasteiger partial charge in [-0.2, -0.15) is 0 Å². The van der Waals surface area contributed by atoms with Crippen molar-refractivity contribution in [2.75, 3.05) is 6.54 Å². The van der Waals surface area contributed by atoms with Crippen molar-refractivity contribution in [1.29, 1.82) is 0 Å². The molecule has 1 unspecified atom stereocenters. The molecule has 0 saturated heterocycles. The van der Waals surface area contributed by atoms with E-state index < -0.39 is 16.9 Å². The summed E-state index contributed by atoms with van der Waals surface area (Å²) in [4.78, 5) is 33.4. The summed E-state index contributed by atoms with van der Waals surface area (Å²) in [5.74, 6) is -0.909. The Morgan fingerprint density at radius 3 is 2.65 bits per heavy atom. The molecular weight excluding hydrogens is 286 g/mol. The molecule has 0 spiro atoms. The van der Waals surface area contributed by atoms with Crippen molar-refractivity contribution in [1.82, 2.24) is 10.6 Å². The van der Waals surface area contributed by atoms with E-state index in [1.807, 2.05) is 0 Å². The summed E-state index contributed by atoms with van der Waals surface area (Å²) in [5, 5.41) is 15.7. The first-order valence-electron chi connectivity index (χ1n) is 5.89. The topological polar surface area (TPSA) is 101 Å². The summed E-state index contributed by atoms with van der Waals surface area (Å²) < 4.78 is 0. The molecule has 2 N–H and O–H groups in total. The number of likely N-dealkylation sites (N-methyl/N-ethyl adjacent to an activating group) is 1. The minimum absolute atomic E-state index is 0.0525. The van der Waals surface area contributed by atoms with Crippen molar-refractivity contribution < 1.29 is 14.5 Å². The highest BCUT2D eigenvalue weighted by atomic mass is 35.5. The Kier molecular flexibility index (Phi) is 5.45. The van der Waals surface area contributed by atoms with Crippen LogP contribution in [0.25, 0.3) is 0 Å². The maximum Gasteiger partial charge on any atom is 0.288 e. The number of hydrogen-bond donors (Lipinski definition) is 2. The van der Waals surface area contributed by atoms with Gasteiger partial charge in [-0.1, -0.05) is 11.6 Å². The highest BCUT2D eigenvalue weighted by molar-refractivity contribution is 6.32. The minimum atomic E-state index is -0.739. The van der Waals surface area contributed by atoms with Gasteiger partial charge in [0.1, 0.15) is 11.1 Å². The molecule has 1 aromatic carbocycles. The molecule has 0 radical (unpaired) electrons. The Bertz CT molecular complexity index is 548. The normalized spacial score (nSPS) is 11.6. The first-order chi connectivity index (χ1) is 9.36. The minimum Gasteiger partial charge on any atom is -0.355 e. The van der Waals surface area contributed by atoms with Gasteiger partial charge in [0.05, 0.1) is 4.92 Å². The third-order valence-electron chi connectivity index (χ3n) is 2.50. The molecule has 1 aromatic rings. The zero-order valence-corrected chi connectivity index (χ0v) is 11.7. The Labute approximate surface area is 120 Å². The van der Waals surface area contributed by atoms with Gasteiger partial charge in [-0.3, -0.25) is 19.7 Å². The molecule has 1 atom stereocenters. The summed E-state index contributed by atoms with van der Waals surface area (Å²) in [7, 11) is 0. The van der Waals surface area contributed by atoms with Crippen molar-refractivity contribution in [2.24, 2.45) is 0 Å². The van der Waals surface area contributed by atoms with Crippen molar-refractivity contribution in [3.8, 4) is 0 Å². The number of nitrogens with one attached hydrogen (secondary N) is 2. The second kappa shape index (κ2) is 6.85. The lowest BCUT2D eigenvalue weighted by atomic mass is 10.1. The Morgan fingerprint density at radius 1 is 1.45 bits per heavy atom. The largest absolute Gasteiger partial charge is 0.355 e. The molecule has 0 aromatic heterocycles. The predicted octanol–water partition coefficient (Wildman–Crippen LogP) is 1.50. The average Bonchev–Trinajstić information content (AvgIpc) is 2.38. The maximum atomic E-state index is 11.9.